The van der Waals surface area contributed by atoms with Crippen LogP contribution in [-0.4, -0.2) is 35.5 Å². The molecule has 0 heterocycles. The lowest BCUT2D eigenvalue weighted by atomic mass is 10.1. The minimum Gasteiger partial charge on any atom is -0.460 e. The lowest BCUT2D eigenvalue weighted by molar-refractivity contribution is -0.156. The number of hydrogen-bond donors (Lipinski definition) is 0. The quantitative estimate of drug-likeness (QED) is 0.687. The van der Waals surface area contributed by atoms with E-state index in [1.807, 2.05) is 20.8 Å². The van der Waals surface area contributed by atoms with Crippen LogP contribution in [0.1, 0.15) is 60.3 Å². The van der Waals surface area contributed by atoms with Gasteiger partial charge in [-0.3, -0.25) is 9.59 Å². The highest BCUT2D eigenvalue weighted by molar-refractivity contribution is 5.81. The van der Waals surface area contributed by atoms with E-state index in [1.54, 1.807) is 11.9 Å². The largest absolute Gasteiger partial charge is 0.460 e. The summed E-state index contributed by atoms with van der Waals surface area (Å²) in [5, 5.41) is 0. The first-order chi connectivity index (χ1) is 8.21. The Hall–Kier alpha value is -1.06. The van der Waals surface area contributed by atoms with Crippen LogP contribution in [0.3, 0.4) is 0 Å². The number of esters is 1. The molecule has 0 radical (unpaired) electrons. The molecule has 0 fully saturated rings. The van der Waals surface area contributed by atoms with Gasteiger partial charge in [0.25, 0.3) is 0 Å². The predicted molar refractivity (Wildman–Crippen MR) is 72.2 cm³/mol. The van der Waals surface area contributed by atoms with Crippen LogP contribution >= 0.6 is 0 Å². The Kier molecular flexibility index (Phi) is 6.96. The van der Waals surface area contributed by atoms with Crippen molar-refractivity contribution in [3.8, 4) is 0 Å². The minimum absolute atomic E-state index is 0.00885. The first-order valence-electron chi connectivity index (χ1n) is 6.68. The summed E-state index contributed by atoms with van der Waals surface area (Å²) >= 11 is 0. The zero-order chi connectivity index (χ0) is 14.3. The third-order valence-corrected chi connectivity index (χ3v) is 2.85. The molecule has 106 valence electrons. The second kappa shape index (κ2) is 7.39. The number of carbonyl (C=O) groups is 2. The van der Waals surface area contributed by atoms with E-state index in [9.17, 15) is 9.59 Å². The maximum Gasteiger partial charge on any atom is 0.306 e. The first kappa shape index (κ1) is 16.9. The van der Waals surface area contributed by atoms with Crippen molar-refractivity contribution >= 4 is 11.9 Å². The SMILES string of the molecule is CCC(CC)N(C)C(=O)CCC(=O)OC(C)(C)C. The van der Waals surface area contributed by atoms with Gasteiger partial charge in [-0.25, -0.2) is 0 Å². The summed E-state index contributed by atoms with van der Waals surface area (Å²) < 4.78 is 5.17. The van der Waals surface area contributed by atoms with E-state index in [0.717, 1.165) is 12.8 Å². The van der Waals surface area contributed by atoms with Gasteiger partial charge in [-0.1, -0.05) is 13.8 Å². The zero-order valence-corrected chi connectivity index (χ0v) is 12.6. The Morgan fingerprint density at radius 2 is 1.61 bits per heavy atom. The predicted octanol–water partition coefficient (Wildman–Crippen LogP) is 2.76. The van der Waals surface area contributed by atoms with E-state index in [2.05, 4.69) is 13.8 Å². The molecule has 0 unspecified atom stereocenters. The van der Waals surface area contributed by atoms with Crippen LogP contribution < -0.4 is 0 Å². The maximum atomic E-state index is 11.9. The number of amides is 1. The average Bonchev–Trinajstić information content (AvgIpc) is 2.25. The second-order valence-corrected chi connectivity index (χ2v) is 5.56. The third kappa shape index (κ3) is 6.62. The van der Waals surface area contributed by atoms with Gasteiger partial charge >= 0.3 is 5.97 Å². The van der Waals surface area contributed by atoms with Crippen LogP contribution in [0.4, 0.5) is 0 Å². The second-order valence-electron chi connectivity index (χ2n) is 5.56. The van der Waals surface area contributed by atoms with Gasteiger partial charge in [0.1, 0.15) is 5.60 Å². The maximum absolute atomic E-state index is 11.9. The smallest absolute Gasteiger partial charge is 0.306 e. The summed E-state index contributed by atoms with van der Waals surface area (Å²) in [4.78, 5) is 25.1. The van der Waals surface area contributed by atoms with Gasteiger partial charge < -0.3 is 9.64 Å². The van der Waals surface area contributed by atoms with Crippen LogP contribution in [0.5, 0.6) is 0 Å². The van der Waals surface area contributed by atoms with Crippen molar-refractivity contribution in [1.29, 1.82) is 0 Å². The molecule has 18 heavy (non-hydrogen) atoms. The van der Waals surface area contributed by atoms with E-state index in [0.29, 0.717) is 0 Å². The minimum atomic E-state index is -0.485. The van der Waals surface area contributed by atoms with Crippen LogP contribution in [0.2, 0.25) is 0 Å². The number of hydrogen-bond acceptors (Lipinski definition) is 3. The van der Waals surface area contributed by atoms with Crippen LogP contribution in [-0.2, 0) is 14.3 Å². The highest BCUT2D eigenvalue weighted by atomic mass is 16.6. The molecule has 0 atom stereocenters. The molecule has 4 heteroatoms. The zero-order valence-electron chi connectivity index (χ0n) is 12.6. The van der Waals surface area contributed by atoms with Crippen molar-refractivity contribution in [2.24, 2.45) is 0 Å². The normalized spacial score (nSPS) is 11.5. The third-order valence-electron chi connectivity index (χ3n) is 2.85. The topological polar surface area (TPSA) is 46.6 Å². The summed E-state index contributed by atoms with van der Waals surface area (Å²) in [5.41, 5.74) is -0.485. The number of ether oxygens (including phenoxy) is 1. The molecule has 0 saturated heterocycles. The molecule has 0 aliphatic heterocycles. The van der Waals surface area contributed by atoms with E-state index in [-0.39, 0.29) is 30.8 Å². The van der Waals surface area contributed by atoms with E-state index in [4.69, 9.17) is 4.74 Å². The Morgan fingerprint density at radius 1 is 1.11 bits per heavy atom. The molecular weight excluding hydrogens is 230 g/mol. The van der Waals surface area contributed by atoms with Crippen molar-refractivity contribution < 1.29 is 14.3 Å². The molecule has 0 aliphatic carbocycles. The lowest BCUT2D eigenvalue weighted by Gasteiger charge is -2.26. The fourth-order valence-corrected chi connectivity index (χ4v) is 1.82. The highest BCUT2D eigenvalue weighted by Crippen LogP contribution is 2.12. The van der Waals surface area contributed by atoms with Crippen LogP contribution in [0.25, 0.3) is 0 Å². The fraction of sp³-hybridized carbons (Fsp3) is 0.857. The van der Waals surface area contributed by atoms with Crippen molar-refractivity contribution in [2.75, 3.05) is 7.05 Å². The number of carbonyl (C=O) groups excluding carboxylic acids is 2. The fourth-order valence-electron chi connectivity index (χ4n) is 1.82. The summed E-state index contributed by atoms with van der Waals surface area (Å²) in [6, 6.07) is 0.260. The number of rotatable bonds is 6. The van der Waals surface area contributed by atoms with Gasteiger partial charge in [0.2, 0.25) is 5.91 Å². The molecule has 0 aliphatic rings. The Labute approximate surface area is 111 Å². The molecule has 0 saturated carbocycles. The van der Waals surface area contributed by atoms with E-state index in [1.165, 1.54) is 0 Å². The summed E-state index contributed by atoms with van der Waals surface area (Å²) in [7, 11) is 1.80. The van der Waals surface area contributed by atoms with Crippen molar-refractivity contribution in [2.45, 2.75) is 71.9 Å². The molecule has 0 N–H and O–H groups in total. The summed E-state index contributed by atoms with van der Waals surface area (Å²) in [6.45, 7) is 9.59. The van der Waals surface area contributed by atoms with Gasteiger partial charge in [0.15, 0.2) is 0 Å². The van der Waals surface area contributed by atoms with E-state index >= 15 is 0 Å². The molecule has 4 nitrogen and oxygen atoms in total. The Balaban J connectivity index is 4.14. The lowest BCUT2D eigenvalue weighted by Crippen LogP contribution is -2.36. The molecule has 0 aromatic rings. The standard InChI is InChI=1S/C14H27NO3/c1-7-11(8-2)15(6)12(16)9-10-13(17)18-14(3,4)5/h11H,7-10H2,1-6H3. The molecular formula is C14H27NO3. The van der Waals surface area contributed by atoms with Crippen LogP contribution in [0, 0.1) is 0 Å². The molecule has 1 amide bonds. The number of nitrogens with zero attached hydrogens (tertiary/aromatic N) is 1. The van der Waals surface area contributed by atoms with Gasteiger partial charge in [-0.05, 0) is 33.6 Å². The molecule has 0 rings (SSSR count). The van der Waals surface area contributed by atoms with Crippen molar-refractivity contribution in [1.82, 2.24) is 4.90 Å². The molecule has 0 aromatic heterocycles. The van der Waals surface area contributed by atoms with Gasteiger partial charge in [0, 0.05) is 19.5 Å². The Morgan fingerprint density at radius 3 is 2.00 bits per heavy atom. The summed E-state index contributed by atoms with van der Waals surface area (Å²) in [5.74, 6) is -0.302. The molecule has 0 aromatic carbocycles. The Bertz CT molecular complexity index is 277. The molecule has 0 bridgehead atoms. The van der Waals surface area contributed by atoms with Crippen molar-refractivity contribution in [3.63, 3.8) is 0 Å². The van der Waals surface area contributed by atoms with Gasteiger partial charge in [-0.15, -0.1) is 0 Å². The first-order valence-corrected chi connectivity index (χ1v) is 6.68. The van der Waals surface area contributed by atoms with Crippen molar-refractivity contribution in [3.05, 3.63) is 0 Å². The monoisotopic (exact) mass is 257 g/mol. The average molecular weight is 257 g/mol. The summed E-state index contributed by atoms with van der Waals surface area (Å²) in [6.07, 6.45) is 2.25. The van der Waals surface area contributed by atoms with Gasteiger partial charge in [0.05, 0.1) is 6.42 Å². The highest BCUT2D eigenvalue weighted by Gasteiger charge is 2.20. The molecule has 0 spiro atoms. The van der Waals surface area contributed by atoms with Gasteiger partial charge in [-0.2, -0.15) is 0 Å². The van der Waals surface area contributed by atoms with Crippen LogP contribution in [0.15, 0.2) is 0 Å². The van der Waals surface area contributed by atoms with E-state index < -0.39 is 5.60 Å².